The number of hydrogen-bond donors (Lipinski definition) is 1. The summed E-state index contributed by atoms with van der Waals surface area (Å²) >= 11 is 0. The summed E-state index contributed by atoms with van der Waals surface area (Å²) in [5.74, 6) is 0. The number of rotatable bonds is 8. The van der Waals surface area contributed by atoms with Gasteiger partial charge in [0.25, 0.3) is 0 Å². The van der Waals surface area contributed by atoms with Crippen LogP contribution in [0.4, 0.5) is 0 Å². The molecule has 1 aliphatic heterocycles. The Balaban J connectivity index is 1.69. The normalized spacial score (nSPS) is 26.3. The smallest absolute Gasteiger partial charge is 0.132 e. The van der Waals surface area contributed by atoms with Gasteiger partial charge in [-0.1, -0.05) is 51.9 Å². The summed E-state index contributed by atoms with van der Waals surface area (Å²) in [4.78, 5) is 0. The van der Waals surface area contributed by atoms with Gasteiger partial charge in [0, 0.05) is 0 Å². The van der Waals surface area contributed by atoms with Gasteiger partial charge in [0.1, 0.15) is 6.23 Å². The van der Waals surface area contributed by atoms with Crippen molar-refractivity contribution in [3.63, 3.8) is 0 Å². The molecule has 0 amide bonds. The Kier molecular flexibility index (Phi) is 5.40. The second-order valence-corrected chi connectivity index (χ2v) is 4.05. The second-order valence-electron chi connectivity index (χ2n) is 4.05. The zero-order valence-electron chi connectivity index (χ0n) is 8.80. The van der Waals surface area contributed by atoms with Gasteiger partial charge in [-0.15, -0.1) is 0 Å². The Bertz CT molecular complexity index is 127. The molecule has 0 aliphatic carbocycles. The van der Waals surface area contributed by atoms with E-state index in [2.05, 4.69) is 6.92 Å². The molecule has 0 aromatic carbocycles. The molecule has 2 heteroatoms. The molecule has 0 aromatic rings. The van der Waals surface area contributed by atoms with Crippen molar-refractivity contribution in [3.8, 4) is 0 Å². The molecule has 0 saturated carbocycles. The van der Waals surface area contributed by atoms with E-state index in [9.17, 15) is 0 Å². The summed E-state index contributed by atoms with van der Waals surface area (Å²) in [6.45, 7) is 2.26. The molecule has 1 fully saturated rings. The molecule has 13 heavy (non-hydrogen) atoms. The summed E-state index contributed by atoms with van der Waals surface area (Å²) in [5, 5.41) is 0. The molecule has 1 rings (SSSR count). The Labute approximate surface area is 81.8 Å². The standard InChI is InChI=1S/C11H23NO/c1-2-3-4-5-6-7-8-9-10-11(12)13-10/h10-11H,2-9,12H2,1H3. The fraction of sp³-hybridized carbons (Fsp3) is 1.00. The zero-order valence-corrected chi connectivity index (χ0v) is 8.80. The predicted molar refractivity (Wildman–Crippen MR) is 55.5 cm³/mol. The van der Waals surface area contributed by atoms with Crippen LogP contribution in [-0.4, -0.2) is 12.3 Å². The van der Waals surface area contributed by atoms with Crippen LogP contribution in [0, 0.1) is 0 Å². The van der Waals surface area contributed by atoms with Crippen LogP contribution < -0.4 is 5.73 Å². The highest BCUT2D eigenvalue weighted by Crippen LogP contribution is 2.23. The summed E-state index contributed by atoms with van der Waals surface area (Å²) < 4.78 is 5.14. The van der Waals surface area contributed by atoms with E-state index in [1.807, 2.05) is 0 Å². The maximum Gasteiger partial charge on any atom is 0.132 e. The van der Waals surface area contributed by atoms with Crippen molar-refractivity contribution in [2.45, 2.75) is 70.6 Å². The topological polar surface area (TPSA) is 38.5 Å². The fourth-order valence-corrected chi connectivity index (χ4v) is 1.69. The van der Waals surface area contributed by atoms with Gasteiger partial charge in [-0.3, -0.25) is 0 Å². The van der Waals surface area contributed by atoms with E-state index in [0.29, 0.717) is 6.10 Å². The molecule has 2 nitrogen and oxygen atoms in total. The van der Waals surface area contributed by atoms with Crippen LogP contribution in [0.3, 0.4) is 0 Å². The van der Waals surface area contributed by atoms with Crippen LogP contribution in [0.2, 0.25) is 0 Å². The molecule has 1 saturated heterocycles. The largest absolute Gasteiger partial charge is 0.353 e. The van der Waals surface area contributed by atoms with E-state index in [-0.39, 0.29) is 6.23 Å². The first-order valence-electron chi connectivity index (χ1n) is 5.75. The first-order valence-corrected chi connectivity index (χ1v) is 5.75. The third-order valence-corrected chi connectivity index (χ3v) is 2.71. The van der Waals surface area contributed by atoms with Crippen molar-refractivity contribution < 1.29 is 4.74 Å². The Hall–Kier alpha value is -0.0800. The summed E-state index contributed by atoms with van der Waals surface area (Å²) in [7, 11) is 0. The number of hydrogen-bond acceptors (Lipinski definition) is 2. The Morgan fingerprint density at radius 2 is 1.54 bits per heavy atom. The van der Waals surface area contributed by atoms with Crippen LogP contribution in [0.5, 0.6) is 0 Å². The first kappa shape index (κ1) is 11.0. The van der Waals surface area contributed by atoms with Crippen LogP contribution >= 0.6 is 0 Å². The van der Waals surface area contributed by atoms with Gasteiger partial charge in [-0.25, -0.2) is 0 Å². The van der Waals surface area contributed by atoms with E-state index in [0.717, 1.165) is 0 Å². The van der Waals surface area contributed by atoms with Crippen LogP contribution in [0.1, 0.15) is 58.3 Å². The Morgan fingerprint density at radius 1 is 1.00 bits per heavy atom. The molecular weight excluding hydrogens is 162 g/mol. The van der Waals surface area contributed by atoms with Gasteiger partial charge >= 0.3 is 0 Å². The summed E-state index contributed by atoms with van der Waals surface area (Å²) in [5.41, 5.74) is 5.52. The van der Waals surface area contributed by atoms with Gasteiger partial charge in [0.15, 0.2) is 0 Å². The van der Waals surface area contributed by atoms with Gasteiger partial charge in [0.05, 0.1) is 6.10 Å². The summed E-state index contributed by atoms with van der Waals surface area (Å²) in [6, 6.07) is 0. The average Bonchev–Trinajstić information content (AvgIpc) is 2.81. The zero-order chi connectivity index (χ0) is 9.52. The quantitative estimate of drug-likeness (QED) is 0.466. The van der Waals surface area contributed by atoms with Gasteiger partial charge in [-0.2, -0.15) is 0 Å². The highest BCUT2D eigenvalue weighted by Gasteiger charge is 2.33. The molecule has 2 atom stereocenters. The predicted octanol–water partition coefficient (Wildman–Crippen LogP) is 2.81. The molecule has 1 heterocycles. The fourth-order valence-electron chi connectivity index (χ4n) is 1.69. The summed E-state index contributed by atoms with van der Waals surface area (Å²) in [6.07, 6.45) is 11.2. The number of ether oxygens (including phenoxy) is 1. The SMILES string of the molecule is CCCCCCCCCC1OC1N. The van der Waals surface area contributed by atoms with E-state index < -0.39 is 0 Å². The Morgan fingerprint density at radius 3 is 2.08 bits per heavy atom. The monoisotopic (exact) mass is 185 g/mol. The lowest BCUT2D eigenvalue weighted by atomic mass is 10.1. The highest BCUT2D eigenvalue weighted by atomic mass is 16.6. The van der Waals surface area contributed by atoms with E-state index in [4.69, 9.17) is 10.5 Å². The minimum atomic E-state index is 0.0695. The molecule has 0 aromatic heterocycles. The van der Waals surface area contributed by atoms with E-state index in [1.165, 1.54) is 51.4 Å². The second kappa shape index (κ2) is 6.39. The van der Waals surface area contributed by atoms with Crippen LogP contribution in [0.25, 0.3) is 0 Å². The van der Waals surface area contributed by atoms with E-state index in [1.54, 1.807) is 0 Å². The number of epoxide rings is 1. The van der Waals surface area contributed by atoms with E-state index >= 15 is 0 Å². The molecule has 0 radical (unpaired) electrons. The lowest BCUT2D eigenvalue weighted by Crippen LogP contribution is -2.04. The third kappa shape index (κ3) is 5.27. The molecule has 1 aliphatic rings. The minimum Gasteiger partial charge on any atom is -0.353 e. The minimum absolute atomic E-state index is 0.0695. The highest BCUT2D eigenvalue weighted by molar-refractivity contribution is 4.78. The molecule has 2 N–H and O–H groups in total. The van der Waals surface area contributed by atoms with Crippen molar-refractivity contribution in [1.29, 1.82) is 0 Å². The third-order valence-electron chi connectivity index (χ3n) is 2.71. The first-order chi connectivity index (χ1) is 6.34. The van der Waals surface area contributed by atoms with Crippen molar-refractivity contribution in [1.82, 2.24) is 0 Å². The van der Waals surface area contributed by atoms with Crippen molar-refractivity contribution in [2.24, 2.45) is 5.73 Å². The van der Waals surface area contributed by atoms with Gasteiger partial charge in [-0.05, 0) is 6.42 Å². The van der Waals surface area contributed by atoms with Crippen molar-refractivity contribution in [3.05, 3.63) is 0 Å². The lowest BCUT2D eigenvalue weighted by Gasteiger charge is -1.99. The van der Waals surface area contributed by atoms with Crippen LogP contribution in [0.15, 0.2) is 0 Å². The average molecular weight is 185 g/mol. The molecular formula is C11H23NO. The van der Waals surface area contributed by atoms with Crippen molar-refractivity contribution >= 4 is 0 Å². The maximum atomic E-state index is 5.52. The number of unbranched alkanes of at least 4 members (excludes halogenated alkanes) is 6. The molecule has 78 valence electrons. The van der Waals surface area contributed by atoms with Gasteiger partial charge in [0.2, 0.25) is 0 Å². The lowest BCUT2D eigenvalue weighted by molar-refractivity contribution is 0.360. The number of nitrogens with two attached hydrogens (primary N) is 1. The maximum absolute atomic E-state index is 5.52. The molecule has 0 bridgehead atoms. The molecule has 0 spiro atoms. The molecule has 2 unspecified atom stereocenters. The van der Waals surface area contributed by atoms with Gasteiger partial charge < -0.3 is 10.5 Å². The van der Waals surface area contributed by atoms with Crippen LogP contribution in [-0.2, 0) is 4.74 Å². The van der Waals surface area contributed by atoms with Crippen molar-refractivity contribution in [2.75, 3.05) is 0 Å².